The Labute approximate surface area is 107 Å². The van der Waals surface area contributed by atoms with Crippen molar-refractivity contribution in [3.8, 4) is 0 Å². The first-order valence-corrected chi connectivity index (χ1v) is 6.25. The molecule has 0 aromatic heterocycles. The number of carboxylic acid groups (broad SMARTS) is 1. The van der Waals surface area contributed by atoms with Gasteiger partial charge in [0.25, 0.3) is 0 Å². The number of aryl methyl sites for hydroxylation is 2. The van der Waals surface area contributed by atoms with E-state index in [0.29, 0.717) is 13.0 Å². The van der Waals surface area contributed by atoms with Crippen LogP contribution < -0.4 is 5.32 Å². The Balaban J connectivity index is 1.85. The van der Waals surface area contributed by atoms with Gasteiger partial charge in [-0.1, -0.05) is 6.07 Å². The van der Waals surface area contributed by atoms with Crippen molar-refractivity contribution in [1.29, 1.82) is 0 Å². The number of anilines is 1. The van der Waals surface area contributed by atoms with Crippen molar-refractivity contribution in [1.82, 2.24) is 0 Å². The summed E-state index contributed by atoms with van der Waals surface area (Å²) >= 11 is 0. The molecule has 2 atom stereocenters. The highest BCUT2D eigenvalue weighted by atomic mass is 16.5. The van der Waals surface area contributed by atoms with Gasteiger partial charge in [0, 0.05) is 12.2 Å². The van der Waals surface area contributed by atoms with Gasteiger partial charge in [-0.3, -0.25) is 0 Å². The van der Waals surface area contributed by atoms with Gasteiger partial charge in [0.1, 0.15) is 0 Å². The minimum atomic E-state index is -0.858. The van der Waals surface area contributed by atoms with Crippen molar-refractivity contribution < 1.29 is 14.6 Å². The molecule has 1 heterocycles. The van der Waals surface area contributed by atoms with E-state index in [1.54, 1.807) is 0 Å². The highest BCUT2D eigenvalue weighted by Crippen LogP contribution is 2.21. The zero-order valence-corrected chi connectivity index (χ0v) is 10.8. The fourth-order valence-corrected chi connectivity index (χ4v) is 2.12. The molecule has 2 N–H and O–H groups in total. The number of nitrogens with one attached hydrogen (secondary N) is 1. The summed E-state index contributed by atoms with van der Waals surface area (Å²) in [6.45, 7) is 4.82. The third kappa shape index (κ3) is 3.01. The number of carboxylic acids is 1. The highest BCUT2D eigenvalue weighted by Gasteiger charge is 2.30. The number of benzene rings is 1. The monoisotopic (exact) mass is 249 g/mol. The zero-order valence-electron chi connectivity index (χ0n) is 10.8. The number of hydrogen-bond donors (Lipinski definition) is 2. The van der Waals surface area contributed by atoms with E-state index >= 15 is 0 Å². The van der Waals surface area contributed by atoms with E-state index in [2.05, 4.69) is 31.3 Å². The van der Waals surface area contributed by atoms with Crippen molar-refractivity contribution in [2.75, 3.05) is 11.9 Å². The van der Waals surface area contributed by atoms with Gasteiger partial charge >= 0.3 is 5.97 Å². The molecule has 0 amide bonds. The quantitative estimate of drug-likeness (QED) is 0.860. The molecule has 1 aliphatic rings. The van der Waals surface area contributed by atoms with Crippen LogP contribution in [-0.4, -0.2) is 29.8 Å². The maximum atomic E-state index is 10.8. The van der Waals surface area contributed by atoms with Crippen molar-refractivity contribution >= 4 is 11.7 Å². The second kappa shape index (κ2) is 5.40. The van der Waals surface area contributed by atoms with E-state index in [0.717, 1.165) is 12.1 Å². The maximum Gasteiger partial charge on any atom is 0.332 e. The normalized spacial score (nSPS) is 23.0. The lowest BCUT2D eigenvalue weighted by Gasteiger charge is -2.14. The molecule has 98 valence electrons. The number of ether oxygens (including phenoxy) is 1. The molecule has 0 bridgehead atoms. The first-order valence-electron chi connectivity index (χ1n) is 6.25. The van der Waals surface area contributed by atoms with E-state index in [4.69, 9.17) is 9.84 Å². The molecule has 2 rings (SSSR count). The van der Waals surface area contributed by atoms with Gasteiger partial charge in [-0.15, -0.1) is 0 Å². The average molecular weight is 249 g/mol. The van der Waals surface area contributed by atoms with Crippen molar-refractivity contribution in [2.45, 2.75) is 38.9 Å². The second-order valence-electron chi connectivity index (χ2n) is 4.84. The topological polar surface area (TPSA) is 58.6 Å². The largest absolute Gasteiger partial charge is 0.479 e. The van der Waals surface area contributed by atoms with Gasteiger partial charge in [0.2, 0.25) is 0 Å². The lowest BCUT2D eigenvalue weighted by molar-refractivity contribution is -0.149. The summed E-state index contributed by atoms with van der Waals surface area (Å²) < 4.78 is 5.44. The zero-order chi connectivity index (χ0) is 13.1. The Hall–Kier alpha value is -1.55. The molecule has 2 unspecified atom stereocenters. The molecule has 1 aromatic rings. The molecule has 0 saturated carbocycles. The Bertz CT molecular complexity index is 445. The lowest BCUT2D eigenvalue weighted by atomic mass is 10.1. The predicted molar refractivity (Wildman–Crippen MR) is 69.9 cm³/mol. The fraction of sp³-hybridized carbons (Fsp3) is 0.500. The Morgan fingerprint density at radius 1 is 1.39 bits per heavy atom. The van der Waals surface area contributed by atoms with Crippen molar-refractivity contribution in [2.24, 2.45) is 0 Å². The summed E-state index contributed by atoms with van der Waals surface area (Å²) in [4.78, 5) is 10.8. The first-order chi connectivity index (χ1) is 8.56. The maximum absolute atomic E-state index is 10.8. The predicted octanol–water partition coefficient (Wildman–Crippen LogP) is 2.35. The van der Waals surface area contributed by atoms with Crippen LogP contribution in [0.1, 0.15) is 24.0 Å². The molecular weight excluding hydrogens is 230 g/mol. The first kappa shape index (κ1) is 12.9. The molecule has 1 aromatic carbocycles. The summed E-state index contributed by atoms with van der Waals surface area (Å²) in [6.07, 6.45) is 0.771. The van der Waals surface area contributed by atoms with Gasteiger partial charge in [0.05, 0.1) is 6.10 Å². The SMILES string of the molecule is Cc1ccc(NCC2CCC(C(=O)O)O2)cc1C. The molecular formula is C14H19NO3. The van der Waals surface area contributed by atoms with E-state index in [1.807, 2.05) is 6.07 Å². The number of carbonyl (C=O) groups is 1. The van der Waals surface area contributed by atoms with Crippen LogP contribution in [-0.2, 0) is 9.53 Å². The van der Waals surface area contributed by atoms with Gasteiger partial charge in [0.15, 0.2) is 6.10 Å². The molecule has 4 nitrogen and oxygen atoms in total. The Morgan fingerprint density at radius 2 is 2.17 bits per heavy atom. The average Bonchev–Trinajstić information content (AvgIpc) is 2.79. The molecule has 1 fully saturated rings. The molecule has 0 spiro atoms. The Morgan fingerprint density at radius 3 is 2.78 bits per heavy atom. The molecule has 1 aliphatic heterocycles. The van der Waals surface area contributed by atoms with Gasteiger partial charge in [-0.2, -0.15) is 0 Å². The molecule has 0 aliphatic carbocycles. The van der Waals surface area contributed by atoms with Crippen LogP contribution in [0.5, 0.6) is 0 Å². The van der Waals surface area contributed by atoms with E-state index < -0.39 is 12.1 Å². The van der Waals surface area contributed by atoms with Crippen molar-refractivity contribution in [3.05, 3.63) is 29.3 Å². The summed E-state index contributed by atoms with van der Waals surface area (Å²) in [5.74, 6) is -0.858. The smallest absolute Gasteiger partial charge is 0.332 e. The van der Waals surface area contributed by atoms with Crippen LogP contribution in [0, 0.1) is 13.8 Å². The van der Waals surface area contributed by atoms with E-state index in [1.165, 1.54) is 11.1 Å². The van der Waals surface area contributed by atoms with Crippen LogP contribution in [0.15, 0.2) is 18.2 Å². The lowest BCUT2D eigenvalue weighted by Crippen LogP contribution is -2.24. The molecule has 18 heavy (non-hydrogen) atoms. The minimum absolute atomic E-state index is 0.00675. The number of aliphatic carboxylic acids is 1. The Kier molecular flexibility index (Phi) is 3.87. The van der Waals surface area contributed by atoms with Gasteiger partial charge in [-0.05, 0) is 49.9 Å². The third-order valence-corrected chi connectivity index (χ3v) is 3.42. The van der Waals surface area contributed by atoms with Gasteiger partial charge in [-0.25, -0.2) is 4.79 Å². The summed E-state index contributed by atoms with van der Waals surface area (Å²) in [5.41, 5.74) is 3.57. The number of rotatable bonds is 4. The van der Waals surface area contributed by atoms with Crippen LogP contribution in [0.25, 0.3) is 0 Å². The van der Waals surface area contributed by atoms with E-state index in [9.17, 15) is 4.79 Å². The summed E-state index contributed by atoms with van der Waals surface area (Å²) in [7, 11) is 0. The summed E-state index contributed by atoms with van der Waals surface area (Å²) in [6, 6.07) is 6.21. The fourth-order valence-electron chi connectivity index (χ4n) is 2.12. The highest BCUT2D eigenvalue weighted by molar-refractivity contribution is 5.72. The second-order valence-corrected chi connectivity index (χ2v) is 4.84. The summed E-state index contributed by atoms with van der Waals surface area (Å²) in [5, 5.41) is 12.1. The van der Waals surface area contributed by atoms with Crippen LogP contribution in [0.4, 0.5) is 5.69 Å². The number of hydrogen-bond acceptors (Lipinski definition) is 3. The molecule has 0 radical (unpaired) electrons. The van der Waals surface area contributed by atoms with Gasteiger partial charge < -0.3 is 15.2 Å². The molecule has 1 saturated heterocycles. The van der Waals surface area contributed by atoms with Crippen LogP contribution in [0.3, 0.4) is 0 Å². The minimum Gasteiger partial charge on any atom is -0.479 e. The van der Waals surface area contributed by atoms with Crippen LogP contribution >= 0.6 is 0 Å². The van der Waals surface area contributed by atoms with E-state index in [-0.39, 0.29) is 6.10 Å². The third-order valence-electron chi connectivity index (χ3n) is 3.42. The van der Waals surface area contributed by atoms with Crippen molar-refractivity contribution in [3.63, 3.8) is 0 Å². The standard InChI is InChI=1S/C14H19NO3/c1-9-3-4-11(7-10(9)2)15-8-12-5-6-13(18-12)14(16)17/h3-4,7,12-13,15H,5-6,8H2,1-2H3,(H,16,17). The molecule has 4 heteroatoms. The van der Waals surface area contributed by atoms with Crippen LogP contribution in [0.2, 0.25) is 0 Å².